The fraction of sp³-hybridized carbons (Fsp3) is 0.455. The Morgan fingerprint density at radius 3 is 2.53 bits per heavy atom. The molecular weight excluding hydrogens is 273 g/mol. The van der Waals surface area contributed by atoms with Gasteiger partial charge in [0.15, 0.2) is 11.5 Å². The van der Waals surface area contributed by atoms with Crippen LogP contribution in [0, 0.1) is 0 Å². The quantitative estimate of drug-likeness (QED) is 0.865. The highest BCUT2D eigenvalue weighted by atomic mass is 19.4. The standard InChI is InChI=1S/C11H10F5NO2/c12-10(13,14)5-4-7(17)6-2-1-3-8-9(6)19-11(15,16)18-8/h1-3,7H,4-5,17H2/t7-/m0/s1. The van der Waals surface area contributed by atoms with Crippen molar-refractivity contribution in [2.24, 2.45) is 5.73 Å². The van der Waals surface area contributed by atoms with Gasteiger partial charge in [0.2, 0.25) is 0 Å². The maximum absolute atomic E-state index is 12.9. The van der Waals surface area contributed by atoms with Crippen LogP contribution in [-0.2, 0) is 0 Å². The summed E-state index contributed by atoms with van der Waals surface area (Å²) in [5.41, 5.74) is 5.65. The number of fused-ring (bicyclic) bond motifs is 1. The predicted molar refractivity (Wildman–Crippen MR) is 54.9 cm³/mol. The van der Waals surface area contributed by atoms with Gasteiger partial charge in [-0.2, -0.15) is 13.2 Å². The van der Waals surface area contributed by atoms with Crippen molar-refractivity contribution in [2.45, 2.75) is 31.4 Å². The third-order valence-corrected chi connectivity index (χ3v) is 2.60. The highest BCUT2D eigenvalue weighted by Crippen LogP contribution is 2.45. The highest BCUT2D eigenvalue weighted by Gasteiger charge is 2.45. The minimum atomic E-state index is -4.35. The largest absolute Gasteiger partial charge is 0.586 e. The van der Waals surface area contributed by atoms with Gasteiger partial charge in [0.05, 0.1) is 0 Å². The molecule has 1 aliphatic rings. The summed E-state index contributed by atoms with van der Waals surface area (Å²) in [7, 11) is 0. The van der Waals surface area contributed by atoms with E-state index < -0.39 is 31.4 Å². The summed E-state index contributed by atoms with van der Waals surface area (Å²) in [6, 6.07) is 2.88. The van der Waals surface area contributed by atoms with Crippen molar-refractivity contribution < 1.29 is 31.4 Å². The van der Waals surface area contributed by atoms with Crippen LogP contribution >= 0.6 is 0 Å². The van der Waals surface area contributed by atoms with E-state index in [2.05, 4.69) is 9.47 Å². The summed E-state index contributed by atoms with van der Waals surface area (Å²) < 4.78 is 70.5. The average molecular weight is 283 g/mol. The molecule has 8 heteroatoms. The Hall–Kier alpha value is -1.57. The molecule has 0 bridgehead atoms. The van der Waals surface area contributed by atoms with Gasteiger partial charge in [-0.15, -0.1) is 8.78 Å². The average Bonchev–Trinajstić information content (AvgIpc) is 2.58. The molecule has 1 aromatic rings. The van der Waals surface area contributed by atoms with E-state index in [4.69, 9.17) is 5.73 Å². The van der Waals surface area contributed by atoms with Gasteiger partial charge in [0.1, 0.15) is 0 Å². The van der Waals surface area contributed by atoms with E-state index in [9.17, 15) is 22.0 Å². The van der Waals surface area contributed by atoms with Crippen molar-refractivity contribution in [3.8, 4) is 11.5 Å². The molecule has 1 aliphatic heterocycles. The molecule has 0 amide bonds. The monoisotopic (exact) mass is 283 g/mol. The molecule has 106 valence electrons. The zero-order valence-electron chi connectivity index (χ0n) is 9.51. The van der Waals surface area contributed by atoms with Gasteiger partial charge in [-0.05, 0) is 12.5 Å². The SMILES string of the molecule is N[C@@H](CCC(F)(F)F)c1cccc2c1OC(F)(F)O2. The van der Waals surface area contributed by atoms with Crippen molar-refractivity contribution in [1.82, 2.24) is 0 Å². The molecule has 1 aromatic carbocycles. The first-order valence-corrected chi connectivity index (χ1v) is 5.39. The lowest BCUT2D eigenvalue weighted by Crippen LogP contribution is -2.26. The molecule has 0 radical (unpaired) electrons. The first-order valence-electron chi connectivity index (χ1n) is 5.39. The second-order valence-electron chi connectivity index (χ2n) is 4.10. The summed E-state index contributed by atoms with van der Waals surface area (Å²) in [6.45, 7) is 0. The molecule has 2 rings (SSSR count). The van der Waals surface area contributed by atoms with E-state index >= 15 is 0 Å². The Bertz CT molecular complexity index is 475. The minimum absolute atomic E-state index is 0.0684. The van der Waals surface area contributed by atoms with Crippen molar-refractivity contribution in [2.75, 3.05) is 0 Å². The Morgan fingerprint density at radius 1 is 1.21 bits per heavy atom. The molecule has 0 saturated carbocycles. The van der Waals surface area contributed by atoms with Crippen LogP contribution in [-0.4, -0.2) is 12.5 Å². The van der Waals surface area contributed by atoms with Gasteiger partial charge in [0, 0.05) is 18.0 Å². The van der Waals surface area contributed by atoms with Gasteiger partial charge in [-0.25, -0.2) is 0 Å². The van der Waals surface area contributed by atoms with Crippen LogP contribution in [0.15, 0.2) is 18.2 Å². The normalized spacial score (nSPS) is 18.4. The summed E-state index contributed by atoms with van der Waals surface area (Å²) in [6.07, 6.45) is -9.69. The van der Waals surface area contributed by atoms with Gasteiger partial charge in [-0.1, -0.05) is 12.1 Å². The molecule has 0 aromatic heterocycles. The van der Waals surface area contributed by atoms with Crippen LogP contribution in [0.2, 0.25) is 0 Å². The molecule has 1 heterocycles. The minimum Gasteiger partial charge on any atom is -0.395 e. The van der Waals surface area contributed by atoms with E-state index in [1.165, 1.54) is 18.2 Å². The van der Waals surface area contributed by atoms with Gasteiger partial charge >= 0.3 is 12.5 Å². The molecule has 1 atom stereocenters. The van der Waals surface area contributed by atoms with Gasteiger partial charge < -0.3 is 15.2 Å². The van der Waals surface area contributed by atoms with Crippen LogP contribution < -0.4 is 15.2 Å². The van der Waals surface area contributed by atoms with Crippen LogP contribution in [0.25, 0.3) is 0 Å². The molecule has 0 saturated heterocycles. The molecule has 2 N–H and O–H groups in total. The van der Waals surface area contributed by atoms with E-state index in [0.29, 0.717) is 0 Å². The Labute approximate surface area is 105 Å². The number of halogens is 5. The molecule has 3 nitrogen and oxygen atoms in total. The third-order valence-electron chi connectivity index (χ3n) is 2.60. The molecule has 0 spiro atoms. The number of ether oxygens (including phenoxy) is 2. The fourth-order valence-corrected chi connectivity index (χ4v) is 1.76. The molecule has 0 aliphatic carbocycles. The van der Waals surface area contributed by atoms with E-state index in [0.717, 1.165) is 0 Å². The van der Waals surface area contributed by atoms with E-state index in [1.54, 1.807) is 0 Å². The summed E-state index contributed by atoms with van der Waals surface area (Å²) in [4.78, 5) is 0. The number of rotatable bonds is 3. The number of nitrogens with two attached hydrogens (primary N) is 1. The van der Waals surface area contributed by atoms with E-state index in [-0.39, 0.29) is 17.1 Å². The van der Waals surface area contributed by atoms with Crippen LogP contribution in [0.1, 0.15) is 24.4 Å². The Morgan fingerprint density at radius 2 is 1.89 bits per heavy atom. The lowest BCUT2D eigenvalue weighted by atomic mass is 10.0. The smallest absolute Gasteiger partial charge is 0.395 e. The van der Waals surface area contributed by atoms with E-state index in [1.807, 2.05) is 0 Å². The van der Waals surface area contributed by atoms with Crippen molar-refractivity contribution >= 4 is 0 Å². The van der Waals surface area contributed by atoms with Crippen LogP contribution in [0.3, 0.4) is 0 Å². The molecule has 0 fully saturated rings. The van der Waals surface area contributed by atoms with Gasteiger partial charge in [0.25, 0.3) is 0 Å². The Balaban J connectivity index is 2.16. The van der Waals surface area contributed by atoms with Crippen LogP contribution in [0.5, 0.6) is 11.5 Å². The molecular formula is C11H10F5NO2. The topological polar surface area (TPSA) is 44.5 Å². The first kappa shape index (κ1) is 13.9. The first-order chi connectivity index (χ1) is 8.68. The maximum Gasteiger partial charge on any atom is 0.586 e. The lowest BCUT2D eigenvalue weighted by molar-refractivity contribution is -0.287. The number of alkyl halides is 5. The number of benzene rings is 1. The Kier molecular flexibility index (Phi) is 3.29. The molecule has 0 unspecified atom stereocenters. The zero-order chi connectivity index (χ0) is 14.3. The summed E-state index contributed by atoms with van der Waals surface area (Å²) in [5, 5.41) is 0. The summed E-state index contributed by atoms with van der Waals surface area (Å²) >= 11 is 0. The van der Waals surface area contributed by atoms with Crippen molar-refractivity contribution in [3.05, 3.63) is 23.8 Å². The maximum atomic E-state index is 12.9. The highest BCUT2D eigenvalue weighted by molar-refractivity contribution is 5.50. The number of hydrogen-bond acceptors (Lipinski definition) is 3. The number of hydrogen-bond donors (Lipinski definition) is 1. The predicted octanol–water partition coefficient (Wildman–Crippen LogP) is 3.35. The van der Waals surface area contributed by atoms with Crippen LogP contribution in [0.4, 0.5) is 22.0 Å². The summed E-state index contributed by atoms with van der Waals surface area (Å²) in [5.74, 6) is -0.535. The second kappa shape index (κ2) is 4.52. The molecule has 19 heavy (non-hydrogen) atoms. The van der Waals surface area contributed by atoms with Crippen molar-refractivity contribution in [1.29, 1.82) is 0 Å². The van der Waals surface area contributed by atoms with Crippen molar-refractivity contribution in [3.63, 3.8) is 0 Å². The van der Waals surface area contributed by atoms with Gasteiger partial charge in [-0.3, -0.25) is 0 Å². The number of para-hydroxylation sites is 1. The third kappa shape index (κ3) is 3.25. The zero-order valence-corrected chi connectivity index (χ0v) is 9.51. The lowest BCUT2D eigenvalue weighted by Gasteiger charge is -2.15. The second-order valence-corrected chi connectivity index (χ2v) is 4.10. The fourth-order valence-electron chi connectivity index (χ4n) is 1.76.